The fourth-order valence-electron chi connectivity index (χ4n) is 3.42. The Labute approximate surface area is 164 Å². The number of rotatable bonds is 5. The lowest BCUT2D eigenvalue weighted by Crippen LogP contribution is -2.37. The number of nitrogens with two attached hydrogens (primary N) is 1. The molecule has 27 heavy (non-hydrogen) atoms. The van der Waals surface area contributed by atoms with Crippen molar-refractivity contribution in [2.45, 2.75) is 61.4 Å². The summed E-state index contributed by atoms with van der Waals surface area (Å²) < 4.78 is 25.2. The first-order chi connectivity index (χ1) is 12.8. The van der Waals surface area contributed by atoms with E-state index in [0.717, 1.165) is 36.6 Å². The number of amides is 1. The van der Waals surface area contributed by atoms with Crippen molar-refractivity contribution in [3.63, 3.8) is 0 Å². The largest absolute Gasteiger partial charge is 0.342 e. The molecule has 1 aromatic carbocycles. The molecule has 1 aliphatic heterocycles. The van der Waals surface area contributed by atoms with Crippen LogP contribution in [0.15, 0.2) is 28.3 Å². The summed E-state index contributed by atoms with van der Waals surface area (Å²) in [5.74, 6) is 0.141. The molecule has 0 radical (unpaired) electrons. The third kappa shape index (κ3) is 4.47. The lowest BCUT2D eigenvalue weighted by molar-refractivity contribution is -0.130. The Morgan fingerprint density at radius 2 is 1.93 bits per heavy atom. The predicted molar refractivity (Wildman–Crippen MR) is 107 cm³/mol. The molecule has 1 aromatic heterocycles. The van der Waals surface area contributed by atoms with Crippen LogP contribution in [0.5, 0.6) is 0 Å². The Balaban J connectivity index is 1.85. The molecule has 0 spiro atoms. The van der Waals surface area contributed by atoms with Crippen LogP contribution in [0.4, 0.5) is 0 Å². The number of carbonyl (C=O) groups excluding carboxylic acids is 1. The summed E-state index contributed by atoms with van der Waals surface area (Å²) in [4.78, 5) is 19.4. The second-order valence-corrected chi connectivity index (χ2v) is 9.70. The molecule has 1 unspecified atom stereocenters. The minimum Gasteiger partial charge on any atom is -0.342 e. The first-order valence-corrected chi connectivity index (χ1v) is 11.7. The summed E-state index contributed by atoms with van der Waals surface area (Å²) in [7, 11) is -3.78. The van der Waals surface area contributed by atoms with E-state index in [2.05, 4.69) is 4.98 Å². The van der Waals surface area contributed by atoms with Gasteiger partial charge in [0.1, 0.15) is 0 Å². The van der Waals surface area contributed by atoms with Crippen LogP contribution in [-0.4, -0.2) is 47.1 Å². The third-order valence-electron chi connectivity index (χ3n) is 4.88. The van der Waals surface area contributed by atoms with Gasteiger partial charge in [-0.3, -0.25) is 4.79 Å². The summed E-state index contributed by atoms with van der Waals surface area (Å²) in [6, 6.07) is 4.70. The number of sulfonamides is 1. The maximum absolute atomic E-state index is 12.8. The summed E-state index contributed by atoms with van der Waals surface area (Å²) in [5.41, 5.74) is 1.40. The standard InChI is InChI=1S/C18H26N4O3S2/c1-3-22-16-9-8-14(27(19,24)25)12-15(16)20-18(22)26-13(2)17(23)21-10-6-4-5-7-11-21/h8-9,12-13H,3-7,10-11H2,1-2H3,(H2,19,24,25). The molecule has 3 rings (SSSR count). The molecule has 0 bridgehead atoms. The number of hydrogen-bond acceptors (Lipinski definition) is 5. The summed E-state index contributed by atoms with van der Waals surface area (Å²) in [5, 5.41) is 5.69. The van der Waals surface area contributed by atoms with Crippen LogP contribution in [-0.2, 0) is 21.4 Å². The smallest absolute Gasteiger partial charge is 0.238 e. The van der Waals surface area contributed by atoms with E-state index in [9.17, 15) is 13.2 Å². The number of primary sulfonamides is 1. The van der Waals surface area contributed by atoms with Gasteiger partial charge in [-0.25, -0.2) is 18.5 Å². The molecule has 148 valence electrons. The fourth-order valence-corrected chi connectivity index (χ4v) is 5.02. The number of imidazole rings is 1. The van der Waals surface area contributed by atoms with Crippen molar-refractivity contribution < 1.29 is 13.2 Å². The fraction of sp³-hybridized carbons (Fsp3) is 0.556. The SMILES string of the molecule is CCn1c(SC(C)C(=O)N2CCCCCC2)nc2cc(S(N)(=O)=O)ccc21. The van der Waals surface area contributed by atoms with Crippen LogP contribution in [0.25, 0.3) is 11.0 Å². The van der Waals surface area contributed by atoms with Gasteiger partial charge in [-0.05, 0) is 44.9 Å². The van der Waals surface area contributed by atoms with Gasteiger partial charge in [-0.15, -0.1) is 0 Å². The van der Waals surface area contributed by atoms with Crippen molar-refractivity contribution in [1.82, 2.24) is 14.5 Å². The Morgan fingerprint density at radius 1 is 1.26 bits per heavy atom. The van der Waals surface area contributed by atoms with Crippen LogP contribution < -0.4 is 5.14 Å². The van der Waals surface area contributed by atoms with Gasteiger partial charge in [-0.1, -0.05) is 24.6 Å². The summed E-state index contributed by atoms with van der Waals surface area (Å²) >= 11 is 1.42. The van der Waals surface area contributed by atoms with E-state index in [1.54, 1.807) is 6.07 Å². The molecule has 2 heterocycles. The Kier molecular flexibility index (Phi) is 6.12. The third-order valence-corrected chi connectivity index (χ3v) is 6.87. The number of aromatic nitrogens is 2. The van der Waals surface area contributed by atoms with E-state index < -0.39 is 10.0 Å². The Bertz CT molecular complexity index is 931. The lowest BCUT2D eigenvalue weighted by Gasteiger charge is -2.23. The second-order valence-electron chi connectivity index (χ2n) is 6.83. The highest BCUT2D eigenvalue weighted by Gasteiger charge is 2.24. The second kappa shape index (κ2) is 8.20. The number of aryl methyl sites for hydroxylation is 1. The summed E-state index contributed by atoms with van der Waals surface area (Å²) in [6.07, 6.45) is 4.49. The molecule has 1 atom stereocenters. The molecule has 2 N–H and O–H groups in total. The number of likely N-dealkylation sites (tertiary alicyclic amines) is 1. The van der Waals surface area contributed by atoms with Gasteiger partial charge in [-0.2, -0.15) is 0 Å². The van der Waals surface area contributed by atoms with Crippen molar-refractivity contribution in [1.29, 1.82) is 0 Å². The monoisotopic (exact) mass is 410 g/mol. The van der Waals surface area contributed by atoms with E-state index >= 15 is 0 Å². The number of nitrogens with zero attached hydrogens (tertiary/aromatic N) is 3. The van der Waals surface area contributed by atoms with Gasteiger partial charge in [0.2, 0.25) is 15.9 Å². The maximum atomic E-state index is 12.8. The number of thioether (sulfide) groups is 1. The van der Waals surface area contributed by atoms with Crippen molar-refractivity contribution in [2.75, 3.05) is 13.1 Å². The summed E-state index contributed by atoms with van der Waals surface area (Å²) in [6.45, 7) is 6.24. The highest BCUT2D eigenvalue weighted by Crippen LogP contribution is 2.29. The molecule has 1 aliphatic rings. The zero-order chi connectivity index (χ0) is 19.6. The molecule has 1 saturated heterocycles. The van der Waals surface area contributed by atoms with Gasteiger partial charge in [0, 0.05) is 19.6 Å². The highest BCUT2D eigenvalue weighted by atomic mass is 32.2. The van der Waals surface area contributed by atoms with Crippen molar-refractivity contribution in [3.8, 4) is 0 Å². The average molecular weight is 411 g/mol. The number of benzene rings is 1. The average Bonchev–Trinajstić information content (AvgIpc) is 2.79. The first kappa shape index (κ1) is 20.2. The van der Waals surface area contributed by atoms with E-state index in [4.69, 9.17) is 5.14 Å². The number of hydrogen-bond donors (Lipinski definition) is 1. The van der Waals surface area contributed by atoms with Crippen LogP contribution in [0.2, 0.25) is 0 Å². The van der Waals surface area contributed by atoms with Crippen LogP contribution in [0, 0.1) is 0 Å². The Hall–Kier alpha value is -1.58. The molecule has 1 amide bonds. The van der Waals surface area contributed by atoms with Crippen LogP contribution in [0.3, 0.4) is 0 Å². The minimum atomic E-state index is -3.78. The molecule has 9 heteroatoms. The molecule has 1 fully saturated rings. The highest BCUT2D eigenvalue weighted by molar-refractivity contribution is 8.00. The zero-order valence-electron chi connectivity index (χ0n) is 15.7. The molecule has 2 aromatic rings. The van der Waals surface area contributed by atoms with Crippen LogP contribution in [0.1, 0.15) is 39.5 Å². The normalized spacial score (nSPS) is 17.1. The lowest BCUT2D eigenvalue weighted by atomic mass is 10.2. The molecular formula is C18H26N4O3S2. The van der Waals surface area contributed by atoms with Gasteiger partial charge in [0.05, 0.1) is 21.2 Å². The van der Waals surface area contributed by atoms with Crippen molar-refractivity contribution in [3.05, 3.63) is 18.2 Å². The Morgan fingerprint density at radius 3 is 2.52 bits per heavy atom. The minimum absolute atomic E-state index is 0.0426. The van der Waals surface area contributed by atoms with Crippen LogP contribution >= 0.6 is 11.8 Å². The first-order valence-electron chi connectivity index (χ1n) is 9.29. The van der Waals surface area contributed by atoms with E-state index in [1.165, 1.54) is 36.7 Å². The van der Waals surface area contributed by atoms with E-state index in [1.807, 2.05) is 23.3 Å². The van der Waals surface area contributed by atoms with Gasteiger partial charge in [0.25, 0.3) is 0 Å². The van der Waals surface area contributed by atoms with E-state index in [0.29, 0.717) is 12.1 Å². The van der Waals surface area contributed by atoms with E-state index in [-0.39, 0.29) is 16.1 Å². The predicted octanol–water partition coefficient (Wildman–Crippen LogP) is 2.59. The van der Waals surface area contributed by atoms with Crippen molar-refractivity contribution in [2.24, 2.45) is 5.14 Å². The maximum Gasteiger partial charge on any atom is 0.238 e. The number of carbonyl (C=O) groups is 1. The van der Waals surface area contributed by atoms with Crippen molar-refractivity contribution >= 4 is 38.7 Å². The quantitative estimate of drug-likeness (QED) is 0.764. The van der Waals surface area contributed by atoms with Gasteiger partial charge in [0.15, 0.2) is 5.16 Å². The molecular weight excluding hydrogens is 384 g/mol. The molecule has 7 nitrogen and oxygen atoms in total. The molecule has 0 aliphatic carbocycles. The topological polar surface area (TPSA) is 98.3 Å². The van der Waals surface area contributed by atoms with Gasteiger partial charge >= 0.3 is 0 Å². The number of fused-ring (bicyclic) bond motifs is 1. The molecule has 0 saturated carbocycles. The van der Waals surface area contributed by atoms with Gasteiger partial charge < -0.3 is 9.47 Å². The zero-order valence-corrected chi connectivity index (χ0v) is 17.4.